The van der Waals surface area contributed by atoms with Gasteiger partial charge in [0.2, 0.25) is 0 Å². The lowest BCUT2D eigenvalue weighted by molar-refractivity contribution is 0.0863. The molecule has 2 aromatic carbocycles. The molecule has 0 aromatic heterocycles. The van der Waals surface area contributed by atoms with Crippen LogP contribution in [0.3, 0.4) is 0 Å². The molecule has 6 heteroatoms. The summed E-state index contributed by atoms with van der Waals surface area (Å²) in [7, 11) is 0. The second-order valence-electron chi connectivity index (χ2n) is 6.40. The Morgan fingerprint density at radius 3 is 1.50 bits per heavy atom. The maximum absolute atomic E-state index is 12.6. The molecule has 2 atom stereocenters. The van der Waals surface area contributed by atoms with E-state index in [1.54, 1.807) is 48.5 Å². The Morgan fingerprint density at radius 1 is 0.731 bits per heavy atom. The van der Waals surface area contributed by atoms with Crippen LogP contribution in [-0.4, -0.2) is 23.9 Å². The molecule has 0 spiro atoms. The molecular weight excluding hydrogens is 371 g/mol. The quantitative estimate of drug-likeness (QED) is 0.808. The standard InChI is InChI=1S/C20H20Cl2N2O2/c21-15-9-3-1-7-13(15)19(25)23-17-11-5-6-12-18(17)24-20(26)14-8-2-4-10-16(14)22/h1-4,7-10,17-18H,5-6,11-12H2,(H,23,25)(H,24,26)/t17-,18-/m1/s1. The number of amides is 2. The van der Waals surface area contributed by atoms with E-state index in [0.29, 0.717) is 21.2 Å². The number of hydrogen-bond donors (Lipinski definition) is 2. The van der Waals surface area contributed by atoms with E-state index < -0.39 is 0 Å². The SMILES string of the molecule is O=C(N[C@@H]1CCCC[C@H]1NC(=O)c1ccccc1Cl)c1ccccc1Cl. The third-order valence-corrected chi connectivity index (χ3v) is 5.30. The van der Waals surface area contributed by atoms with Gasteiger partial charge in [0.25, 0.3) is 11.8 Å². The number of hydrogen-bond acceptors (Lipinski definition) is 2. The van der Waals surface area contributed by atoms with Crippen molar-refractivity contribution in [1.82, 2.24) is 10.6 Å². The second-order valence-corrected chi connectivity index (χ2v) is 7.22. The van der Waals surface area contributed by atoms with Crippen LogP contribution in [0.15, 0.2) is 48.5 Å². The first-order valence-electron chi connectivity index (χ1n) is 8.67. The van der Waals surface area contributed by atoms with Crippen molar-refractivity contribution in [2.45, 2.75) is 37.8 Å². The Morgan fingerprint density at radius 2 is 1.12 bits per heavy atom. The number of halogens is 2. The molecule has 0 saturated heterocycles. The van der Waals surface area contributed by atoms with Gasteiger partial charge in [0, 0.05) is 12.1 Å². The fourth-order valence-corrected chi connectivity index (χ4v) is 3.70. The second kappa shape index (κ2) is 8.56. The minimum atomic E-state index is -0.223. The Kier molecular flexibility index (Phi) is 6.17. The minimum absolute atomic E-state index is 0.140. The third kappa shape index (κ3) is 4.37. The molecule has 4 nitrogen and oxygen atoms in total. The molecule has 1 saturated carbocycles. The number of carbonyl (C=O) groups is 2. The molecule has 1 fully saturated rings. The van der Waals surface area contributed by atoms with E-state index in [0.717, 1.165) is 25.7 Å². The smallest absolute Gasteiger partial charge is 0.253 e. The number of rotatable bonds is 4. The van der Waals surface area contributed by atoms with Gasteiger partial charge >= 0.3 is 0 Å². The summed E-state index contributed by atoms with van der Waals surface area (Å²) in [5, 5.41) is 6.88. The zero-order valence-corrected chi connectivity index (χ0v) is 15.7. The van der Waals surface area contributed by atoms with Gasteiger partial charge < -0.3 is 10.6 Å². The molecule has 3 rings (SSSR count). The highest BCUT2D eigenvalue weighted by Gasteiger charge is 2.29. The summed E-state index contributed by atoms with van der Waals surface area (Å²) >= 11 is 12.2. The Bertz CT molecular complexity index is 742. The highest BCUT2D eigenvalue weighted by atomic mass is 35.5. The van der Waals surface area contributed by atoms with Crippen LogP contribution in [0.25, 0.3) is 0 Å². The van der Waals surface area contributed by atoms with E-state index in [4.69, 9.17) is 23.2 Å². The molecule has 0 aliphatic heterocycles. The van der Waals surface area contributed by atoms with E-state index in [-0.39, 0.29) is 23.9 Å². The largest absolute Gasteiger partial charge is 0.347 e. The van der Waals surface area contributed by atoms with E-state index >= 15 is 0 Å². The molecule has 26 heavy (non-hydrogen) atoms. The monoisotopic (exact) mass is 390 g/mol. The molecule has 2 N–H and O–H groups in total. The van der Waals surface area contributed by atoms with Gasteiger partial charge in [-0.2, -0.15) is 0 Å². The number of carbonyl (C=O) groups excluding carboxylic acids is 2. The van der Waals surface area contributed by atoms with Gasteiger partial charge in [0.05, 0.1) is 21.2 Å². The predicted octanol–water partition coefficient (Wildman–Crippen LogP) is 4.46. The summed E-state index contributed by atoms with van der Waals surface area (Å²) in [6, 6.07) is 13.6. The van der Waals surface area contributed by atoms with E-state index in [9.17, 15) is 9.59 Å². The van der Waals surface area contributed by atoms with Gasteiger partial charge in [-0.1, -0.05) is 60.3 Å². The van der Waals surface area contributed by atoms with Gasteiger partial charge in [-0.3, -0.25) is 9.59 Å². The molecule has 2 amide bonds. The molecule has 0 radical (unpaired) electrons. The lowest BCUT2D eigenvalue weighted by Crippen LogP contribution is -2.53. The molecule has 0 heterocycles. The summed E-state index contributed by atoms with van der Waals surface area (Å²) in [5.74, 6) is -0.445. The highest BCUT2D eigenvalue weighted by molar-refractivity contribution is 6.34. The molecule has 136 valence electrons. The predicted molar refractivity (Wildman–Crippen MR) is 104 cm³/mol. The highest BCUT2D eigenvalue weighted by Crippen LogP contribution is 2.22. The van der Waals surface area contributed by atoms with Crippen LogP contribution in [-0.2, 0) is 0 Å². The average molecular weight is 391 g/mol. The first kappa shape index (κ1) is 18.7. The number of nitrogens with one attached hydrogen (secondary N) is 2. The molecule has 0 bridgehead atoms. The number of benzene rings is 2. The van der Waals surface area contributed by atoms with E-state index in [1.807, 2.05) is 0 Å². The topological polar surface area (TPSA) is 58.2 Å². The van der Waals surface area contributed by atoms with E-state index in [1.165, 1.54) is 0 Å². The molecule has 2 aromatic rings. The summed E-state index contributed by atoms with van der Waals surface area (Å²) in [4.78, 5) is 25.1. The van der Waals surface area contributed by atoms with Crippen LogP contribution in [0.4, 0.5) is 0 Å². The Balaban J connectivity index is 1.70. The van der Waals surface area contributed by atoms with Gasteiger partial charge in [0.1, 0.15) is 0 Å². The maximum atomic E-state index is 12.6. The van der Waals surface area contributed by atoms with Crippen LogP contribution >= 0.6 is 23.2 Å². The molecule has 1 aliphatic carbocycles. The first-order chi connectivity index (χ1) is 12.6. The zero-order chi connectivity index (χ0) is 18.5. The van der Waals surface area contributed by atoms with Crippen molar-refractivity contribution in [2.75, 3.05) is 0 Å². The van der Waals surface area contributed by atoms with Gasteiger partial charge in [0.15, 0.2) is 0 Å². The lowest BCUT2D eigenvalue weighted by atomic mass is 9.89. The van der Waals surface area contributed by atoms with Crippen molar-refractivity contribution in [1.29, 1.82) is 0 Å². The first-order valence-corrected chi connectivity index (χ1v) is 9.42. The van der Waals surface area contributed by atoms with Crippen molar-refractivity contribution < 1.29 is 9.59 Å². The van der Waals surface area contributed by atoms with Crippen molar-refractivity contribution >= 4 is 35.0 Å². The van der Waals surface area contributed by atoms with Crippen molar-refractivity contribution in [2.24, 2.45) is 0 Å². The minimum Gasteiger partial charge on any atom is -0.347 e. The van der Waals surface area contributed by atoms with Crippen LogP contribution in [0.5, 0.6) is 0 Å². The van der Waals surface area contributed by atoms with Crippen LogP contribution in [0, 0.1) is 0 Å². The maximum Gasteiger partial charge on any atom is 0.253 e. The fraction of sp³-hybridized carbons (Fsp3) is 0.300. The van der Waals surface area contributed by atoms with Crippen LogP contribution in [0.2, 0.25) is 10.0 Å². The van der Waals surface area contributed by atoms with Gasteiger partial charge in [-0.25, -0.2) is 0 Å². The van der Waals surface area contributed by atoms with Crippen LogP contribution < -0.4 is 10.6 Å². The fourth-order valence-electron chi connectivity index (χ4n) is 3.26. The molecule has 0 unspecified atom stereocenters. The normalized spacial score (nSPS) is 19.6. The zero-order valence-electron chi connectivity index (χ0n) is 14.2. The van der Waals surface area contributed by atoms with Crippen molar-refractivity contribution in [3.8, 4) is 0 Å². The Labute approximate surface area is 162 Å². The summed E-state index contributed by atoms with van der Waals surface area (Å²) in [6.07, 6.45) is 3.63. The summed E-state index contributed by atoms with van der Waals surface area (Å²) in [5.41, 5.74) is 0.881. The van der Waals surface area contributed by atoms with Gasteiger partial charge in [-0.05, 0) is 37.1 Å². The average Bonchev–Trinajstić information content (AvgIpc) is 2.64. The molecule has 1 aliphatic rings. The summed E-state index contributed by atoms with van der Waals surface area (Å²) in [6.45, 7) is 0. The third-order valence-electron chi connectivity index (χ3n) is 4.64. The van der Waals surface area contributed by atoms with Crippen molar-refractivity contribution in [3.63, 3.8) is 0 Å². The van der Waals surface area contributed by atoms with Crippen molar-refractivity contribution in [3.05, 3.63) is 69.7 Å². The van der Waals surface area contributed by atoms with Gasteiger partial charge in [-0.15, -0.1) is 0 Å². The molecular formula is C20H20Cl2N2O2. The Hall–Kier alpha value is -2.04. The lowest BCUT2D eigenvalue weighted by Gasteiger charge is -2.33. The van der Waals surface area contributed by atoms with Crippen LogP contribution in [0.1, 0.15) is 46.4 Å². The van der Waals surface area contributed by atoms with E-state index in [2.05, 4.69) is 10.6 Å². The summed E-state index contributed by atoms with van der Waals surface area (Å²) < 4.78 is 0.